The van der Waals surface area contributed by atoms with Crippen molar-refractivity contribution in [3.05, 3.63) is 53.6 Å². The van der Waals surface area contributed by atoms with Gasteiger partial charge in [-0.25, -0.2) is 0 Å². The van der Waals surface area contributed by atoms with Crippen LogP contribution < -0.4 is 5.73 Å². The van der Waals surface area contributed by atoms with Gasteiger partial charge in [-0.2, -0.15) is 0 Å². The fourth-order valence-corrected chi connectivity index (χ4v) is 1.88. The number of rotatable bonds is 2. The summed E-state index contributed by atoms with van der Waals surface area (Å²) in [6, 6.07) is 14.6. The summed E-state index contributed by atoms with van der Waals surface area (Å²) >= 11 is 0. The zero-order valence-electron chi connectivity index (χ0n) is 9.83. The van der Waals surface area contributed by atoms with Crippen molar-refractivity contribution >= 4 is 16.5 Å². The fourth-order valence-electron chi connectivity index (χ4n) is 1.88. The van der Waals surface area contributed by atoms with Gasteiger partial charge >= 0.3 is 0 Å². The zero-order chi connectivity index (χ0) is 11.5. The van der Waals surface area contributed by atoms with Gasteiger partial charge in [0, 0.05) is 11.3 Å². The molecule has 0 amide bonds. The molecule has 2 N–H and O–H groups in total. The highest BCUT2D eigenvalue weighted by Gasteiger charge is 2.04. The minimum Gasteiger partial charge on any atom is -0.398 e. The lowest BCUT2D eigenvalue weighted by Gasteiger charge is -2.09. The molecule has 0 aromatic heterocycles. The average Bonchev–Trinajstić information content (AvgIpc) is 2.36. The van der Waals surface area contributed by atoms with Gasteiger partial charge in [-0.1, -0.05) is 49.4 Å². The molecule has 0 saturated heterocycles. The van der Waals surface area contributed by atoms with Crippen LogP contribution in [0.5, 0.6) is 0 Å². The molecule has 0 radical (unpaired) electrons. The Morgan fingerprint density at radius 2 is 1.75 bits per heavy atom. The predicted molar refractivity (Wildman–Crippen MR) is 71.0 cm³/mol. The molecule has 1 heteroatoms. The Balaban J connectivity index is 2.70. The first-order valence-corrected chi connectivity index (χ1v) is 5.67. The molecule has 16 heavy (non-hydrogen) atoms. The van der Waals surface area contributed by atoms with E-state index in [4.69, 9.17) is 5.73 Å². The van der Waals surface area contributed by atoms with E-state index in [1.54, 1.807) is 0 Å². The molecule has 0 unspecified atom stereocenters. The number of benzene rings is 2. The summed E-state index contributed by atoms with van der Waals surface area (Å²) in [6.45, 7) is 4.23. The second-order valence-electron chi connectivity index (χ2n) is 4.07. The van der Waals surface area contributed by atoms with Gasteiger partial charge < -0.3 is 5.73 Å². The summed E-state index contributed by atoms with van der Waals surface area (Å²) < 4.78 is 0. The summed E-state index contributed by atoms with van der Waals surface area (Å²) in [4.78, 5) is 0. The van der Waals surface area contributed by atoms with Crippen LogP contribution in [0.15, 0.2) is 48.0 Å². The molecule has 0 aliphatic rings. The largest absolute Gasteiger partial charge is 0.398 e. The molecule has 0 saturated carbocycles. The Morgan fingerprint density at radius 3 is 2.50 bits per heavy atom. The lowest BCUT2D eigenvalue weighted by Crippen LogP contribution is -2.00. The number of hydrogen-bond acceptors (Lipinski definition) is 1. The van der Waals surface area contributed by atoms with Gasteiger partial charge in [0.2, 0.25) is 0 Å². The molecular formula is C15H17N. The molecule has 0 heterocycles. The molecule has 82 valence electrons. The van der Waals surface area contributed by atoms with Crippen LogP contribution in [0.1, 0.15) is 25.8 Å². The number of nitrogens with two attached hydrogens (primary N) is 1. The van der Waals surface area contributed by atoms with Crippen molar-refractivity contribution in [2.24, 2.45) is 5.73 Å². The van der Waals surface area contributed by atoms with Crippen molar-refractivity contribution < 1.29 is 0 Å². The van der Waals surface area contributed by atoms with Crippen molar-refractivity contribution in [2.45, 2.75) is 20.3 Å². The van der Waals surface area contributed by atoms with Gasteiger partial charge in [0.15, 0.2) is 0 Å². The van der Waals surface area contributed by atoms with Crippen molar-refractivity contribution in [3.63, 3.8) is 0 Å². The summed E-state index contributed by atoms with van der Waals surface area (Å²) in [5.41, 5.74) is 9.51. The Kier molecular flexibility index (Phi) is 2.95. The first kappa shape index (κ1) is 10.7. The topological polar surface area (TPSA) is 26.0 Å². The van der Waals surface area contributed by atoms with Crippen LogP contribution in [-0.4, -0.2) is 0 Å². The molecule has 2 aromatic carbocycles. The first-order chi connectivity index (χ1) is 7.74. The normalized spacial score (nSPS) is 12.6. The maximum atomic E-state index is 6.19. The third-order valence-electron chi connectivity index (χ3n) is 3.07. The van der Waals surface area contributed by atoms with Gasteiger partial charge in [0.1, 0.15) is 0 Å². The lowest BCUT2D eigenvalue weighted by atomic mass is 9.99. The quantitative estimate of drug-likeness (QED) is 0.800. The Morgan fingerprint density at radius 1 is 1.06 bits per heavy atom. The number of allylic oxidation sites excluding steroid dienone is 1. The summed E-state index contributed by atoms with van der Waals surface area (Å²) in [5, 5.41) is 2.47. The highest BCUT2D eigenvalue weighted by Crippen LogP contribution is 2.24. The molecule has 0 aliphatic heterocycles. The molecule has 0 spiro atoms. The SMILES string of the molecule is CC/C(C)=C(\N)c1cccc2ccccc12. The number of fused-ring (bicyclic) bond motifs is 1. The van der Waals surface area contributed by atoms with Crippen molar-refractivity contribution in [1.82, 2.24) is 0 Å². The Hall–Kier alpha value is -1.76. The van der Waals surface area contributed by atoms with Crippen LogP contribution >= 0.6 is 0 Å². The van der Waals surface area contributed by atoms with E-state index in [2.05, 4.69) is 56.3 Å². The molecule has 0 fully saturated rings. The Labute approximate surface area is 96.6 Å². The van der Waals surface area contributed by atoms with Crippen molar-refractivity contribution in [1.29, 1.82) is 0 Å². The summed E-state index contributed by atoms with van der Waals surface area (Å²) in [6.07, 6.45) is 0.995. The third-order valence-corrected chi connectivity index (χ3v) is 3.07. The molecule has 0 aliphatic carbocycles. The first-order valence-electron chi connectivity index (χ1n) is 5.67. The molecule has 0 atom stereocenters. The zero-order valence-corrected chi connectivity index (χ0v) is 9.83. The van der Waals surface area contributed by atoms with E-state index < -0.39 is 0 Å². The third kappa shape index (κ3) is 1.81. The molecule has 1 nitrogen and oxygen atoms in total. The van der Waals surface area contributed by atoms with Crippen molar-refractivity contribution in [2.75, 3.05) is 0 Å². The van der Waals surface area contributed by atoms with E-state index in [1.807, 2.05) is 0 Å². The van der Waals surface area contributed by atoms with Gasteiger partial charge in [0.05, 0.1) is 0 Å². The van der Waals surface area contributed by atoms with Gasteiger partial charge in [-0.05, 0) is 29.7 Å². The van der Waals surface area contributed by atoms with Crippen LogP contribution in [0, 0.1) is 0 Å². The van der Waals surface area contributed by atoms with Crippen LogP contribution in [0.3, 0.4) is 0 Å². The van der Waals surface area contributed by atoms with Gasteiger partial charge in [-0.3, -0.25) is 0 Å². The van der Waals surface area contributed by atoms with E-state index in [1.165, 1.54) is 16.3 Å². The average molecular weight is 211 g/mol. The second kappa shape index (κ2) is 4.40. The molecular weight excluding hydrogens is 194 g/mol. The van der Waals surface area contributed by atoms with Crippen molar-refractivity contribution in [3.8, 4) is 0 Å². The summed E-state index contributed by atoms with van der Waals surface area (Å²) in [5.74, 6) is 0. The van der Waals surface area contributed by atoms with Gasteiger partial charge in [-0.15, -0.1) is 0 Å². The van der Waals surface area contributed by atoms with Crippen LogP contribution in [-0.2, 0) is 0 Å². The van der Waals surface area contributed by atoms with E-state index in [9.17, 15) is 0 Å². The minimum atomic E-state index is 0.916. The van der Waals surface area contributed by atoms with E-state index in [-0.39, 0.29) is 0 Å². The van der Waals surface area contributed by atoms with Gasteiger partial charge in [0.25, 0.3) is 0 Å². The maximum Gasteiger partial charge on any atom is 0.0382 e. The maximum absolute atomic E-state index is 6.19. The number of hydrogen-bond donors (Lipinski definition) is 1. The highest BCUT2D eigenvalue weighted by atomic mass is 14.6. The van der Waals surface area contributed by atoms with Crippen LogP contribution in [0.25, 0.3) is 16.5 Å². The van der Waals surface area contributed by atoms with Crippen LogP contribution in [0.2, 0.25) is 0 Å². The Bertz CT molecular complexity index is 533. The smallest absolute Gasteiger partial charge is 0.0382 e. The molecule has 2 rings (SSSR count). The van der Waals surface area contributed by atoms with E-state index in [0.29, 0.717) is 0 Å². The predicted octanol–water partition coefficient (Wildman–Crippen LogP) is 3.94. The minimum absolute atomic E-state index is 0.916. The second-order valence-corrected chi connectivity index (χ2v) is 4.07. The standard InChI is InChI=1S/C15H17N/c1-3-11(2)15(16)14-10-6-8-12-7-4-5-9-13(12)14/h4-10H,3,16H2,1-2H3/b15-11-. The van der Waals surface area contributed by atoms with E-state index >= 15 is 0 Å². The summed E-state index contributed by atoms with van der Waals surface area (Å²) in [7, 11) is 0. The molecule has 2 aromatic rings. The molecule has 0 bridgehead atoms. The lowest BCUT2D eigenvalue weighted by molar-refractivity contribution is 1.10. The van der Waals surface area contributed by atoms with E-state index in [0.717, 1.165) is 17.7 Å². The van der Waals surface area contributed by atoms with Crippen LogP contribution in [0.4, 0.5) is 0 Å². The monoisotopic (exact) mass is 211 g/mol. The fraction of sp³-hybridized carbons (Fsp3) is 0.200. The highest BCUT2D eigenvalue weighted by molar-refractivity contribution is 5.93.